The lowest BCUT2D eigenvalue weighted by molar-refractivity contribution is 0.0270. The lowest BCUT2D eigenvalue weighted by atomic mass is 10.2. The van der Waals surface area contributed by atoms with Gasteiger partial charge in [0.2, 0.25) is 15.0 Å². The van der Waals surface area contributed by atoms with E-state index in [-0.39, 0.29) is 34.2 Å². The Balaban J connectivity index is 1.70. The quantitative estimate of drug-likeness (QED) is 0.582. The van der Waals surface area contributed by atoms with Crippen molar-refractivity contribution in [3.8, 4) is 0 Å². The molecule has 1 amide bonds. The minimum Gasteiger partial charge on any atom is -0.444 e. The van der Waals surface area contributed by atoms with Crippen molar-refractivity contribution in [1.82, 2.24) is 14.9 Å². The molecule has 132 valence electrons. The third-order valence-electron chi connectivity index (χ3n) is 4.21. The van der Waals surface area contributed by atoms with Gasteiger partial charge in [-0.05, 0) is 38.7 Å². The summed E-state index contributed by atoms with van der Waals surface area (Å²) in [6, 6.07) is 1.61. The van der Waals surface area contributed by atoms with Gasteiger partial charge in [-0.2, -0.15) is 0 Å². The number of sulfone groups is 1. The first-order valence-electron chi connectivity index (χ1n) is 7.68. The molecule has 3 atom stereocenters. The van der Waals surface area contributed by atoms with Crippen molar-refractivity contribution in [2.24, 2.45) is 11.8 Å². The highest BCUT2D eigenvalue weighted by Gasteiger charge is 2.58. The van der Waals surface area contributed by atoms with Crippen LogP contribution in [0.3, 0.4) is 0 Å². The Morgan fingerprint density at radius 2 is 1.88 bits per heavy atom. The van der Waals surface area contributed by atoms with Gasteiger partial charge >= 0.3 is 6.09 Å². The van der Waals surface area contributed by atoms with Crippen LogP contribution < -0.4 is 0 Å². The summed E-state index contributed by atoms with van der Waals surface area (Å²) in [5.74, 6) is 0.636. The number of likely N-dealkylation sites (tertiary alicyclic amines) is 1. The third kappa shape index (κ3) is 3.49. The molecule has 2 fully saturated rings. The standard InChI is InChI=1S/C15H20ClN3O4S/c1-15(2,3)23-14(20)19-6-8-9(7-19)12(8)10-5-11(16)18-13(17-10)24(4,21)22/h5,8-9,12H,6-7H2,1-4H3/t8-,9+,12?. The first-order chi connectivity index (χ1) is 11.0. The number of hydrogen-bond acceptors (Lipinski definition) is 6. The fourth-order valence-electron chi connectivity index (χ4n) is 3.19. The van der Waals surface area contributed by atoms with Crippen molar-refractivity contribution < 1.29 is 17.9 Å². The highest BCUT2D eigenvalue weighted by molar-refractivity contribution is 7.90. The Morgan fingerprint density at radius 1 is 1.29 bits per heavy atom. The molecule has 1 aliphatic carbocycles. The van der Waals surface area contributed by atoms with Gasteiger partial charge in [0.1, 0.15) is 10.8 Å². The number of aromatic nitrogens is 2. The van der Waals surface area contributed by atoms with Crippen LogP contribution >= 0.6 is 11.6 Å². The number of ether oxygens (including phenoxy) is 1. The minimum absolute atomic E-state index is 0.115. The predicted molar refractivity (Wildman–Crippen MR) is 87.7 cm³/mol. The van der Waals surface area contributed by atoms with Crippen molar-refractivity contribution in [3.05, 3.63) is 16.9 Å². The highest BCUT2D eigenvalue weighted by atomic mass is 35.5. The SMILES string of the molecule is CC(C)(C)OC(=O)N1C[C@@H]2C(c3cc(Cl)nc(S(C)(=O)=O)n3)[C@@H]2C1. The molecular weight excluding hydrogens is 354 g/mol. The highest BCUT2D eigenvalue weighted by Crippen LogP contribution is 2.58. The summed E-state index contributed by atoms with van der Waals surface area (Å²) in [6.07, 6.45) is 0.742. The van der Waals surface area contributed by atoms with Crippen LogP contribution in [-0.2, 0) is 14.6 Å². The van der Waals surface area contributed by atoms with Gasteiger partial charge < -0.3 is 9.64 Å². The molecule has 2 heterocycles. The molecule has 1 saturated heterocycles. The van der Waals surface area contributed by atoms with Gasteiger partial charge in [-0.1, -0.05) is 11.6 Å². The van der Waals surface area contributed by atoms with Gasteiger partial charge in [0.25, 0.3) is 0 Å². The fourth-order valence-corrected chi connectivity index (χ4v) is 3.97. The second-order valence-electron chi connectivity index (χ2n) is 7.41. The second-order valence-corrected chi connectivity index (χ2v) is 9.71. The molecule has 1 unspecified atom stereocenters. The second kappa shape index (κ2) is 5.56. The Morgan fingerprint density at radius 3 is 2.38 bits per heavy atom. The molecule has 0 spiro atoms. The van der Waals surface area contributed by atoms with Gasteiger partial charge in [0.15, 0.2) is 0 Å². The van der Waals surface area contributed by atoms with Gasteiger partial charge in [0.05, 0.1) is 5.69 Å². The van der Waals surface area contributed by atoms with Crippen molar-refractivity contribution in [2.75, 3.05) is 19.3 Å². The summed E-state index contributed by atoms with van der Waals surface area (Å²) < 4.78 is 28.7. The monoisotopic (exact) mass is 373 g/mol. The van der Waals surface area contributed by atoms with Gasteiger partial charge in [-0.3, -0.25) is 0 Å². The maximum Gasteiger partial charge on any atom is 0.410 e. The Hall–Kier alpha value is -1.41. The predicted octanol–water partition coefficient (Wildman–Crippen LogP) is 2.11. The molecule has 1 aromatic heterocycles. The lowest BCUT2D eigenvalue weighted by Crippen LogP contribution is -2.36. The number of piperidine rings is 1. The zero-order valence-electron chi connectivity index (χ0n) is 14.0. The van der Waals surface area contributed by atoms with Crippen molar-refractivity contribution >= 4 is 27.5 Å². The van der Waals surface area contributed by atoms with Crippen molar-refractivity contribution in [2.45, 2.75) is 37.4 Å². The molecule has 0 aromatic carbocycles. The Labute approximate surface area is 146 Å². The van der Waals surface area contributed by atoms with Crippen LogP contribution in [0.25, 0.3) is 0 Å². The Bertz CT molecular complexity index is 778. The number of nitrogens with zero attached hydrogens (tertiary/aromatic N) is 3. The molecule has 1 aromatic rings. The molecular formula is C15H20ClN3O4S. The first kappa shape index (κ1) is 17.4. The van der Waals surface area contributed by atoms with Crippen LogP contribution in [-0.4, -0.2) is 54.3 Å². The maximum absolute atomic E-state index is 12.1. The van der Waals surface area contributed by atoms with Crippen LogP contribution in [0.15, 0.2) is 11.2 Å². The normalized spacial score (nSPS) is 26.2. The van der Waals surface area contributed by atoms with E-state index < -0.39 is 15.4 Å². The zero-order chi connectivity index (χ0) is 17.9. The molecule has 2 aliphatic rings. The van der Waals surface area contributed by atoms with Crippen molar-refractivity contribution in [1.29, 1.82) is 0 Å². The number of amides is 1. The number of halogens is 1. The van der Waals surface area contributed by atoms with E-state index in [2.05, 4.69) is 9.97 Å². The van der Waals surface area contributed by atoms with E-state index in [4.69, 9.17) is 16.3 Å². The third-order valence-corrected chi connectivity index (χ3v) is 5.25. The van der Waals surface area contributed by atoms with E-state index >= 15 is 0 Å². The fraction of sp³-hybridized carbons (Fsp3) is 0.667. The van der Waals surface area contributed by atoms with E-state index in [0.717, 1.165) is 6.26 Å². The average molecular weight is 374 g/mol. The van der Waals surface area contributed by atoms with E-state index in [1.807, 2.05) is 20.8 Å². The summed E-state index contributed by atoms with van der Waals surface area (Å²) in [4.78, 5) is 21.7. The average Bonchev–Trinajstić information content (AvgIpc) is 2.89. The number of fused-ring (bicyclic) bond motifs is 1. The zero-order valence-corrected chi connectivity index (χ0v) is 15.6. The van der Waals surface area contributed by atoms with Crippen LogP contribution in [0.2, 0.25) is 5.15 Å². The molecule has 3 rings (SSSR count). The molecule has 9 heteroatoms. The first-order valence-corrected chi connectivity index (χ1v) is 9.95. The number of hydrogen-bond donors (Lipinski definition) is 0. The topological polar surface area (TPSA) is 89.5 Å². The molecule has 0 N–H and O–H groups in total. The molecule has 0 radical (unpaired) electrons. The van der Waals surface area contributed by atoms with Crippen molar-refractivity contribution in [3.63, 3.8) is 0 Å². The van der Waals surface area contributed by atoms with Crippen LogP contribution in [0.4, 0.5) is 4.79 Å². The number of carbonyl (C=O) groups excluding carboxylic acids is 1. The van der Waals surface area contributed by atoms with E-state index in [1.54, 1.807) is 11.0 Å². The summed E-state index contributed by atoms with van der Waals surface area (Å²) >= 11 is 5.94. The Kier molecular flexibility index (Phi) is 4.03. The van der Waals surface area contributed by atoms with Gasteiger partial charge in [0, 0.05) is 25.3 Å². The van der Waals surface area contributed by atoms with E-state index in [9.17, 15) is 13.2 Å². The summed E-state index contributed by atoms with van der Waals surface area (Å²) in [7, 11) is -3.51. The number of rotatable bonds is 2. The molecule has 0 bridgehead atoms. The van der Waals surface area contributed by atoms with E-state index in [0.29, 0.717) is 18.8 Å². The maximum atomic E-state index is 12.1. The van der Waals surface area contributed by atoms with Crippen LogP contribution in [0.1, 0.15) is 32.4 Å². The molecule has 1 saturated carbocycles. The smallest absolute Gasteiger partial charge is 0.410 e. The summed E-state index contributed by atoms with van der Waals surface area (Å²) in [6.45, 7) is 6.67. The lowest BCUT2D eigenvalue weighted by Gasteiger charge is -2.25. The summed E-state index contributed by atoms with van der Waals surface area (Å²) in [5.41, 5.74) is 0.114. The van der Waals surface area contributed by atoms with Gasteiger partial charge in [-0.15, -0.1) is 0 Å². The molecule has 1 aliphatic heterocycles. The minimum atomic E-state index is -3.51. The largest absolute Gasteiger partial charge is 0.444 e. The van der Waals surface area contributed by atoms with Gasteiger partial charge in [-0.25, -0.2) is 23.2 Å². The molecule has 7 nitrogen and oxygen atoms in total. The van der Waals surface area contributed by atoms with E-state index in [1.165, 1.54) is 0 Å². The number of carbonyl (C=O) groups is 1. The van der Waals surface area contributed by atoms with Crippen LogP contribution in [0, 0.1) is 11.8 Å². The summed E-state index contributed by atoms with van der Waals surface area (Å²) in [5, 5.41) is -0.131. The molecule has 24 heavy (non-hydrogen) atoms. The van der Waals surface area contributed by atoms with Crippen LogP contribution in [0.5, 0.6) is 0 Å².